The number of aryl methyl sites for hydroxylation is 2. The maximum Gasteiger partial charge on any atom is 0.267 e. The van der Waals surface area contributed by atoms with E-state index in [4.69, 9.17) is 19.7 Å². The van der Waals surface area contributed by atoms with Crippen LogP contribution in [0.15, 0.2) is 76.1 Å². The van der Waals surface area contributed by atoms with Crippen molar-refractivity contribution in [3.8, 4) is 5.75 Å². The Morgan fingerprint density at radius 2 is 1.82 bits per heavy atom. The van der Waals surface area contributed by atoms with Crippen LogP contribution in [0, 0.1) is 19.8 Å². The number of nitrogens with zero attached hydrogens (tertiary/aromatic N) is 3. The van der Waals surface area contributed by atoms with Crippen LogP contribution in [0.1, 0.15) is 77.8 Å². The molecule has 15 heteroatoms. The third-order valence-corrected chi connectivity index (χ3v) is 11.5. The number of sulfonamides is 1. The van der Waals surface area contributed by atoms with Crippen molar-refractivity contribution in [2.75, 3.05) is 49.1 Å². The van der Waals surface area contributed by atoms with Gasteiger partial charge >= 0.3 is 0 Å². The maximum atomic E-state index is 14.5. The molecule has 0 spiro atoms. The van der Waals surface area contributed by atoms with Crippen LogP contribution in [0.5, 0.6) is 5.75 Å². The lowest BCUT2D eigenvalue weighted by molar-refractivity contribution is -0.0177. The predicted molar refractivity (Wildman–Crippen MR) is 215 cm³/mol. The highest BCUT2D eigenvalue weighted by Gasteiger charge is 2.31. The summed E-state index contributed by atoms with van der Waals surface area (Å²) in [5.41, 5.74) is 9.10. The zero-order valence-corrected chi connectivity index (χ0v) is 33.8. The fourth-order valence-corrected chi connectivity index (χ4v) is 8.14. The van der Waals surface area contributed by atoms with E-state index in [1.807, 2.05) is 45.2 Å². The number of anilines is 3. The molecular weight excluding hydrogens is 737 g/mol. The minimum absolute atomic E-state index is 0.0663. The Hall–Kier alpha value is -4.96. The largest absolute Gasteiger partial charge is 0.490 e. The van der Waals surface area contributed by atoms with Crippen molar-refractivity contribution in [2.45, 2.75) is 83.6 Å². The Morgan fingerprint density at radius 1 is 1.09 bits per heavy atom. The second-order valence-corrected chi connectivity index (χ2v) is 16.3. The van der Waals surface area contributed by atoms with Gasteiger partial charge in [-0.2, -0.15) is 0 Å². The van der Waals surface area contributed by atoms with Crippen molar-refractivity contribution in [2.24, 2.45) is 5.92 Å². The van der Waals surface area contributed by atoms with Gasteiger partial charge in [0, 0.05) is 43.4 Å². The third-order valence-electron chi connectivity index (χ3n) is 9.91. The second-order valence-electron chi connectivity index (χ2n) is 14.7. The number of rotatable bonds is 11. The summed E-state index contributed by atoms with van der Waals surface area (Å²) in [4.78, 5) is 31.1. The van der Waals surface area contributed by atoms with E-state index in [1.165, 1.54) is 13.0 Å². The number of aliphatic hydroxyl groups excluding tert-OH is 1. The molecule has 0 unspecified atom stereocenters. The van der Waals surface area contributed by atoms with Gasteiger partial charge in [0.15, 0.2) is 10.7 Å². The van der Waals surface area contributed by atoms with Gasteiger partial charge in [-0.15, -0.1) is 0 Å². The Labute approximate surface area is 329 Å². The van der Waals surface area contributed by atoms with Crippen molar-refractivity contribution in [3.63, 3.8) is 0 Å². The zero-order valence-electron chi connectivity index (χ0n) is 32.9. The van der Waals surface area contributed by atoms with E-state index in [1.54, 1.807) is 55.1 Å². The van der Waals surface area contributed by atoms with Gasteiger partial charge in [-0.25, -0.2) is 8.42 Å². The number of benzene rings is 3. The number of carbonyl (C=O) groups excluding carboxylic acids is 2. The molecule has 4 aromatic rings. The van der Waals surface area contributed by atoms with Crippen LogP contribution < -0.4 is 20.5 Å². The van der Waals surface area contributed by atoms with Gasteiger partial charge in [-0.3, -0.25) is 19.2 Å². The number of para-hydroxylation sites is 2. The molecule has 14 nitrogen and oxygen atoms in total. The van der Waals surface area contributed by atoms with Crippen LogP contribution in [-0.4, -0.2) is 91.9 Å². The molecule has 1 aliphatic rings. The molecule has 5 rings (SSSR count). The van der Waals surface area contributed by atoms with Crippen LogP contribution in [0.25, 0.3) is 0 Å². The topological polar surface area (TPSA) is 190 Å². The van der Waals surface area contributed by atoms with E-state index in [0.29, 0.717) is 48.8 Å². The van der Waals surface area contributed by atoms with Crippen molar-refractivity contribution < 1.29 is 37.1 Å². The molecule has 4 atom stereocenters. The maximum absolute atomic E-state index is 14.5. The number of nitrogens with two attached hydrogens (primary N) is 1. The second kappa shape index (κ2) is 18.8. The standard InChI is InChI=1S/C41H54N6O8S/c1-26-22-47(27(2)25-48)41(50)34-21-33(45-56(51,52)39-29(4)44-55-30(39)5)18-19-37(34)54-28(3)11-9-10-20-53-38(26)24-46(6)23-31-14-16-32(17-15-31)40(49)43-36-13-8-7-12-35(36)42/h7-8,12-19,21,26-28,38,45,48H,9-11,20,22-25,42H2,1-6H3,(H,43,49)/t26-,27+,28+,38-/m0/s1. The number of ether oxygens (including phenoxy) is 2. The normalized spacial score (nSPS) is 19.1. The molecule has 1 aromatic heterocycles. The Balaban J connectivity index is 1.34. The number of nitrogens with one attached hydrogen (secondary N) is 2. The molecule has 0 fully saturated rings. The number of fused-ring (bicyclic) bond motifs is 1. The molecular formula is C41H54N6O8S. The number of nitrogen functional groups attached to an aromatic ring is 1. The number of hydrogen-bond acceptors (Lipinski definition) is 11. The summed E-state index contributed by atoms with van der Waals surface area (Å²) >= 11 is 0. The lowest BCUT2D eigenvalue weighted by Crippen LogP contribution is -2.47. The smallest absolute Gasteiger partial charge is 0.267 e. The lowest BCUT2D eigenvalue weighted by Gasteiger charge is -2.36. The van der Waals surface area contributed by atoms with E-state index in [-0.39, 0.29) is 64.8 Å². The van der Waals surface area contributed by atoms with Gasteiger partial charge in [0.05, 0.1) is 41.8 Å². The summed E-state index contributed by atoms with van der Waals surface area (Å²) in [6.07, 6.45) is 1.84. The average molecular weight is 791 g/mol. The molecule has 1 aliphatic heterocycles. The third kappa shape index (κ3) is 10.7. The number of aromatic nitrogens is 1. The number of amides is 2. The quantitative estimate of drug-likeness (QED) is 0.133. The highest BCUT2D eigenvalue weighted by molar-refractivity contribution is 7.92. The highest BCUT2D eigenvalue weighted by atomic mass is 32.2. The number of likely N-dealkylation sites (N-methyl/N-ethyl adjacent to an activating group) is 1. The van der Waals surface area contributed by atoms with E-state index in [9.17, 15) is 23.1 Å². The lowest BCUT2D eigenvalue weighted by atomic mass is 10.0. The fourth-order valence-electron chi connectivity index (χ4n) is 6.76. The molecule has 0 bridgehead atoms. The predicted octanol–water partition coefficient (Wildman–Crippen LogP) is 5.85. The molecule has 56 heavy (non-hydrogen) atoms. The van der Waals surface area contributed by atoms with Crippen molar-refractivity contribution in [1.29, 1.82) is 0 Å². The summed E-state index contributed by atoms with van der Waals surface area (Å²) in [6.45, 7) is 10.4. The van der Waals surface area contributed by atoms with Crippen LogP contribution in [-0.2, 0) is 21.3 Å². The average Bonchev–Trinajstić information content (AvgIpc) is 3.51. The molecule has 3 aromatic carbocycles. The molecule has 5 N–H and O–H groups in total. The fraction of sp³-hybridized carbons (Fsp3) is 0.439. The summed E-state index contributed by atoms with van der Waals surface area (Å²) in [6, 6.07) is 18.6. The minimum atomic E-state index is -4.09. The Bertz CT molecular complexity index is 2050. The van der Waals surface area contributed by atoms with E-state index in [0.717, 1.165) is 18.4 Å². The highest BCUT2D eigenvalue weighted by Crippen LogP contribution is 2.30. The van der Waals surface area contributed by atoms with Gasteiger partial charge in [-0.1, -0.05) is 36.3 Å². The van der Waals surface area contributed by atoms with Gasteiger partial charge in [0.2, 0.25) is 0 Å². The first-order chi connectivity index (χ1) is 26.7. The number of hydrogen-bond donors (Lipinski definition) is 4. The molecule has 302 valence electrons. The molecule has 0 saturated heterocycles. The molecule has 0 aliphatic carbocycles. The van der Waals surface area contributed by atoms with Crippen LogP contribution >= 0.6 is 0 Å². The summed E-state index contributed by atoms with van der Waals surface area (Å²) in [5.74, 6) is -0.364. The summed E-state index contributed by atoms with van der Waals surface area (Å²) < 4.78 is 47.3. The summed E-state index contributed by atoms with van der Waals surface area (Å²) in [5, 5.41) is 17.0. The van der Waals surface area contributed by atoms with Gasteiger partial charge in [-0.05, 0) is 102 Å². The summed E-state index contributed by atoms with van der Waals surface area (Å²) in [7, 11) is -2.09. The molecule has 2 heterocycles. The van der Waals surface area contributed by atoms with Crippen molar-refractivity contribution >= 4 is 38.9 Å². The minimum Gasteiger partial charge on any atom is -0.490 e. The van der Waals surface area contributed by atoms with Crippen molar-refractivity contribution in [3.05, 3.63) is 94.9 Å². The van der Waals surface area contributed by atoms with Gasteiger partial charge in [0.25, 0.3) is 21.8 Å². The van der Waals surface area contributed by atoms with Gasteiger partial charge < -0.3 is 35.1 Å². The van der Waals surface area contributed by atoms with E-state index >= 15 is 0 Å². The van der Waals surface area contributed by atoms with Crippen LogP contribution in [0.3, 0.4) is 0 Å². The monoisotopic (exact) mass is 790 g/mol. The van der Waals surface area contributed by atoms with Crippen LogP contribution in [0.4, 0.5) is 17.1 Å². The number of carbonyl (C=O) groups is 2. The SMILES string of the molecule is Cc1noc(C)c1S(=O)(=O)Nc1ccc2c(c1)C(=O)N([C@H](C)CO)C[C@H](C)[C@H](CN(C)Cc1ccc(C(=O)Nc3ccccc3N)cc1)OCCCC[C@@H](C)O2. The van der Waals surface area contributed by atoms with E-state index < -0.39 is 22.0 Å². The Kier molecular flexibility index (Phi) is 14.2. The Morgan fingerprint density at radius 3 is 2.50 bits per heavy atom. The molecule has 0 radical (unpaired) electrons. The number of aliphatic hydroxyl groups is 1. The van der Waals surface area contributed by atoms with Gasteiger partial charge in [0.1, 0.15) is 11.4 Å². The molecule has 2 amide bonds. The first-order valence-corrected chi connectivity index (χ1v) is 20.4. The zero-order chi connectivity index (χ0) is 40.6. The van der Waals surface area contributed by atoms with Crippen molar-refractivity contribution in [1.82, 2.24) is 15.0 Å². The first kappa shape index (κ1) is 42.2. The first-order valence-electron chi connectivity index (χ1n) is 18.9. The molecule has 0 saturated carbocycles. The van der Waals surface area contributed by atoms with Crippen LogP contribution in [0.2, 0.25) is 0 Å². The van der Waals surface area contributed by atoms with E-state index in [2.05, 4.69) is 20.1 Å².